The van der Waals surface area contributed by atoms with Gasteiger partial charge < -0.3 is 18.9 Å². The summed E-state index contributed by atoms with van der Waals surface area (Å²) in [5, 5.41) is 3.39. The first-order valence-electron chi connectivity index (χ1n) is 15.0. The van der Waals surface area contributed by atoms with Gasteiger partial charge in [0.15, 0.2) is 14.0 Å². The molecule has 9 nitrogen and oxygen atoms in total. The van der Waals surface area contributed by atoms with Crippen molar-refractivity contribution in [2.24, 2.45) is 5.92 Å². The number of carbonyl (C=O) groups is 3. The van der Waals surface area contributed by atoms with Gasteiger partial charge in [-0.1, -0.05) is 81.8 Å². The average molecular weight is 640 g/mol. The van der Waals surface area contributed by atoms with Crippen LogP contribution >= 0.6 is 11.6 Å². The number of halogens is 1. The molecule has 2 amide bonds. The Morgan fingerprint density at radius 3 is 2.43 bits per heavy atom. The highest BCUT2D eigenvalue weighted by atomic mass is 35.5. The third-order valence-electron chi connectivity index (χ3n) is 9.02. The molecule has 0 saturated carbocycles. The summed E-state index contributed by atoms with van der Waals surface area (Å²) in [7, 11) is -2.28. The highest BCUT2D eigenvalue weighted by Crippen LogP contribution is 2.46. The van der Waals surface area contributed by atoms with Crippen molar-refractivity contribution in [1.82, 2.24) is 15.2 Å². The van der Waals surface area contributed by atoms with Gasteiger partial charge in [-0.2, -0.15) is 0 Å². The lowest BCUT2D eigenvalue weighted by Gasteiger charge is -2.44. The van der Waals surface area contributed by atoms with Crippen LogP contribution in [-0.4, -0.2) is 61.2 Å². The summed E-state index contributed by atoms with van der Waals surface area (Å²) in [5.41, 5.74) is 1.84. The van der Waals surface area contributed by atoms with Gasteiger partial charge in [0.05, 0.1) is 6.10 Å². The first kappa shape index (κ1) is 33.4. The van der Waals surface area contributed by atoms with Crippen molar-refractivity contribution in [2.75, 3.05) is 13.1 Å². The number of Topliss-reactive ketones (excluding diaryl/α,β-unsaturated/α-hetero) is 1. The molecule has 11 heteroatoms. The van der Waals surface area contributed by atoms with E-state index in [0.717, 1.165) is 17.4 Å². The maximum absolute atomic E-state index is 13.7. The van der Waals surface area contributed by atoms with E-state index in [1.807, 2.05) is 42.5 Å². The zero-order valence-corrected chi connectivity index (χ0v) is 28.0. The Hall–Kier alpha value is -3.47. The first-order chi connectivity index (χ1) is 20.8. The van der Waals surface area contributed by atoms with Crippen molar-refractivity contribution in [1.29, 1.82) is 0 Å². The Bertz CT molecular complexity index is 1440. The Balaban J connectivity index is 1.46. The minimum Gasteiger partial charge on any atom is -0.445 e. The van der Waals surface area contributed by atoms with Gasteiger partial charge in [0, 0.05) is 24.5 Å². The molecular weight excluding hydrogens is 598 g/mol. The van der Waals surface area contributed by atoms with Gasteiger partial charge in [-0.15, -0.1) is 0 Å². The van der Waals surface area contributed by atoms with Crippen molar-refractivity contribution in [3.8, 4) is 0 Å². The van der Waals surface area contributed by atoms with E-state index in [1.54, 1.807) is 12.1 Å². The predicted molar refractivity (Wildman–Crippen MR) is 171 cm³/mol. The van der Waals surface area contributed by atoms with Crippen LogP contribution in [0.4, 0.5) is 4.79 Å². The number of hydrogen-bond acceptors (Lipinski definition) is 7. The molecule has 1 saturated heterocycles. The second kappa shape index (κ2) is 14.1. The highest BCUT2D eigenvalue weighted by Gasteiger charge is 2.49. The number of ketones is 1. The number of carbonyl (C=O) groups excluding carboxylic acids is 3. The van der Waals surface area contributed by atoms with Crippen LogP contribution in [0.1, 0.15) is 66.4 Å². The SMILES string of the molecule is CC(C)C(C)(C)[Si](C)(C)OC1C[C@@H](C(=O)c2nc(C(=O)NCCc3ccc(Cl)cc3)co2)N(C(=O)OCc2ccccc2)C1. The van der Waals surface area contributed by atoms with E-state index in [-0.39, 0.29) is 42.3 Å². The number of aromatic nitrogens is 1. The molecule has 1 N–H and O–H groups in total. The van der Waals surface area contributed by atoms with Gasteiger partial charge in [-0.3, -0.25) is 14.5 Å². The van der Waals surface area contributed by atoms with Crippen LogP contribution in [0.2, 0.25) is 23.2 Å². The Morgan fingerprint density at radius 1 is 1.09 bits per heavy atom. The van der Waals surface area contributed by atoms with E-state index in [0.29, 0.717) is 23.9 Å². The molecule has 1 unspecified atom stereocenters. The van der Waals surface area contributed by atoms with E-state index in [9.17, 15) is 14.4 Å². The number of oxazole rings is 1. The lowest BCUT2D eigenvalue weighted by atomic mass is 9.99. The van der Waals surface area contributed by atoms with Crippen LogP contribution in [0.5, 0.6) is 0 Å². The molecule has 236 valence electrons. The largest absolute Gasteiger partial charge is 0.445 e. The monoisotopic (exact) mass is 639 g/mol. The Labute approximate surface area is 265 Å². The minimum atomic E-state index is -2.28. The third kappa shape index (κ3) is 7.97. The molecule has 2 heterocycles. The van der Waals surface area contributed by atoms with Gasteiger partial charge in [-0.25, -0.2) is 9.78 Å². The number of hydrogen-bond donors (Lipinski definition) is 1. The molecule has 0 aliphatic carbocycles. The molecule has 2 aromatic carbocycles. The number of ether oxygens (including phenoxy) is 1. The zero-order chi connectivity index (χ0) is 32.1. The van der Waals surface area contributed by atoms with E-state index in [1.165, 1.54) is 4.90 Å². The summed E-state index contributed by atoms with van der Waals surface area (Å²) in [5.74, 6) is -0.816. The summed E-state index contributed by atoms with van der Waals surface area (Å²) in [6.45, 7) is 13.8. The summed E-state index contributed by atoms with van der Waals surface area (Å²) < 4.78 is 17.8. The van der Waals surface area contributed by atoms with Gasteiger partial charge in [0.2, 0.25) is 5.78 Å². The molecule has 0 spiro atoms. The number of nitrogens with zero attached hydrogens (tertiary/aromatic N) is 2. The van der Waals surface area contributed by atoms with Crippen LogP contribution in [0.15, 0.2) is 65.3 Å². The van der Waals surface area contributed by atoms with Crippen molar-refractivity contribution in [3.63, 3.8) is 0 Å². The molecule has 2 atom stereocenters. The molecule has 1 fully saturated rings. The van der Waals surface area contributed by atoms with E-state index >= 15 is 0 Å². The summed E-state index contributed by atoms with van der Waals surface area (Å²) in [6, 6.07) is 15.8. The van der Waals surface area contributed by atoms with Gasteiger partial charge in [0.25, 0.3) is 11.8 Å². The van der Waals surface area contributed by atoms with E-state index < -0.39 is 32.1 Å². The molecule has 1 aliphatic rings. The fourth-order valence-electron chi connectivity index (χ4n) is 5.09. The molecule has 0 bridgehead atoms. The molecule has 44 heavy (non-hydrogen) atoms. The number of likely N-dealkylation sites (tertiary alicyclic amines) is 1. The zero-order valence-electron chi connectivity index (χ0n) is 26.3. The fraction of sp³-hybridized carbons (Fsp3) is 0.455. The number of amides is 2. The van der Waals surface area contributed by atoms with Crippen LogP contribution in [-0.2, 0) is 22.2 Å². The maximum Gasteiger partial charge on any atom is 0.410 e. The van der Waals surface area contributed by atoms with Crippen molar-refractivity contribution >= 4 is 37.7 Å². The van der Waals surface area contributed by atoms with Crippen molar-refractivity contribution in [3.05, 3.63) is 88.6 Å². The second-order valence-corrected chi connectivity index (χ2v) is 17.6. The predicted octanol–water partition coefficient (Wildman–Crippen LogP) is 6.92. The van der Waals surface area contributed by atoms with Crippen LogP contribution in [0.25, 0.3) is 0 Å². The van der Waals surface area contributed by atoms with Crippen molar-refractivity contribution in [2.45, 2.75) is 77.4 Å². The first-order valence-corrected chi connectivity index (χ1v) is 18.2. The van der Waals surface area contributed by atoms with Gasteiger partial charge in [0.1, 0.15) is 18.9 Å². The summed E-state index contributed by atoms with van der Waals surface area (Å²) in [4.78, 5) is 45.4. The lowest BCUT2D eigenvalue weighted by Crippen LogP contribution is -2.48. The van der Waals surface area contributed by atoms with Crippen LogP contribution in [0.3, 0.4) is 0 Å². The molecule has 1 aromatic heterocycles. The van der Waals surface area contributed by atoms with Gasteiger partial charge in [-0.05, 0) is 53.7 Å². The Morgan fingerprint density at radius 2 is 1.77 bits per heavy atom. The normalized spacial score (nSPS) is 17.1. The fourth-order valence-corrected chi connectivity index (χ4v) is 7.92. The van der Waals surface area contributed by atoms with Crippen LogP contribution in [0, 0.1) is 5.92 Å². The average Bonchev–Trinajstić information content (AvgIpc) is 3.65. The number of nitrogens with one attached hydrogen (secondary N) is 1. The standard InChI is InChI=1S/C33H42ClN3O6Si/c1-22(2)33(3,4)44(5,6)43-26-18-28(37(19-26)32(40)42-20-24-10-8-7-9-11-24)29(38)31-36-27(21-41-31)30(39)35-17-16-23-12-14-25(34)15-13-23/h7-15,21-22,26,28H,16-20H2,1-6H3,(H,35,39)/t26?,28-/m0/s1. The number of benzene rings is 2. The molecular formula is C33H42ClN3O6Si. The van der Waals surface area contributed by atoms with Gasteiger partial charge >= 0.3 is 6.09 Å². The van der Waals surface area contributed by atoms with Crippen molar-refractivity contribution < 1.29 is 28.0 Å². The second-order valence-electron chi connectivity index (χ2n) is 12.6. The summed E-state index contributed by atoms with van der Waals surface area (Å²) >= 11 is 5.93. The van der Waals surface area contributed by atoms with Crippen LogP contribution < -0.4 is 5.32 Å². The lowest BCUT2D eigenvalue weighted by molar-refractivity contribution is 0.0707. The van der Waals surface area contributed by atoms with E-state index in [4.69, 9.17) is 25.2 Å². The maximum atomic E-state index is 13.7. The highest BCUT2D eigenvalue weighted by molar-refractivity contribution is 6.74. The number of rotatable bonds is 12. The summed E-state index contributed by atoms with van der Waals surface area (Å²) in [6.07, 6.45) is 1.05. The molecule has 1 aliphatic heterocycles. The molecule has 4 rings (SSSR count). The smallest absolute Gasteiger partial charge is 0.410 e. The van der Waals surface area contributed by atoms with E-state index in [2.05, 4.69) is 51.1 Å². The minimum absolute atomic E-state index is 0.0133. The Kier molecular flexibility index (Phi) is 10.7. The third-order valence-corrected chi connectivity index (χ3v) is 13.9. The topological polar surface area (TPSA) is 111 Å². The molecule has 3 aromatic rings. The molecule has 0 radical (unpaired) electrons. The quantitative estimate of drug-likeness (QED) is 0.169.